The Hall–Kier alpha value is -2.01. The number of fused-ring (bicyclic) bond motifs is 1. The van der Waals surface area contributed by atoms with Gasteiger partial charge in [0, 0.05) is 34.5 Å². The largest absolute Gasteiger partial charge is 0.457 e. The molecule has 0 radical (unpaired) electrons. The van der Waals surface area contributed by atoms with Crippen LogP contribution in [-0.2, 0) is 4.79 Å². The van der Waals surface area contributed by atoms with Gasteiger partial charge in [0.05, 0.1) is 25.6 Å². The number of quaternary nitrogens is 1. The molecular formula is C31H39Cl2N2O2+. The van der Waals surface area contributed by atoms with Gasteiger partial charge in [0.1, 0.15) is 18.1 Å². The monoisotopic (exact) mass is 541 g/mol. The highest BCUT2D eigenvalue weighted by atomic mass is 35.5. The molecule has 5 rings (SSSR count). The van der Waals surface area contributed by atoms with E-state index in [0.717, 1.165) is 48.1 Å². The lowest BCUT2D eigenvalue weighted by Gasteiger charge is -2.44. The third-order valence-corrected chi connectivity index (χ3v) is 9.20. The SMILES string of the molecule is CC[N+]1(C/C2=C/CCCCCC2)CCC(NC(=O)C2C3=C(C=CC(Cl)=CC3)Oc3ccc(Cl)cc32)CC1. The third kappa shape index (κ3) is 6.19. The van der Waals surface area contributed by atoms with Crippen LogP contribution in [0.25, 0.3) is 0 Å². The van der Waals surface area contributed by atoms with Crippen LogP contribution in [0.3, 0.4) is 0 Å². The van der Waals surface area contributed by atoms with E-state index in [1.165, 1.54) is 45.1 Å². The summed E-state index contributed by atoms with van der Waals surface area (Å²) >= 11 is 12.7. The number of rotatable bonds is 5. The van der Waals surface area contributed by atoms with E-state index in [2.05, 4.69) is 18.3 Å². The molecule has 198 valence electrons. The average molecular weight is 543 g/mol. The van der Waals surface area contributed by atoms with Gasteiger partial charge in [-0.15, -0.1) is 0 Å². The molecule has 1 aromatic carbocycles. The number of ether oxygens (including phenoxy) is 1. The zero-order valence-electron chi connectivity index (χ0n) is 21.9. The van der Waals surface area contributed by atoms with Gasteiger partial charge in [0.2, 0.25) is 5.91 Å². The summed E-state index contributed by atoms with van der Waals surface area (Å²) in [5.74, 6) is 0.986. The molecule has 4 aliphatic rings. The van der Waals surface area contributed by atoms with Crippen molar-refractivity contribution in [3.63, 3.8) is 0 Å². The highest BCUT2D eigenvalue weighted by Gasteiger charge is 2.38. The Kier molecular flexibility index (Phi) is 8.48. The Labute approximate surface area is 231 Å². The van der Waals surface area contributed by atoms with E-state index in [0.29, 0.717) is 28.0 Å². The van der Waals surface area contributed by atoms with Gasteiger partial charge in [0.25, 0.3) is 0 Å². The lowest BCUT2D eigenvalue weighted by atomic mass is 9.84. The number of piperidine rings is 1. The number of hydrogen-bond donors (Lipinski definition) is 1. The molecule has 1 N–H and O–H groups in total. The summed E-state index contributed by atoms with van der Waals surface area (Å²) in [4.78, 5) is 13.9. The van der Waals surface area contributed by atoms with E-state index >= 15 is 0 Å². The first-order valence-electron chi connectivity index (χ1n) is 14.0. The molecule has 0 aromatic heterocycles. The maximum Gasteiger partial charge on any atom is 0.232 e. The van der Waals surface area contributed by atoms with Crippen molar-refractivity contribution in [2.75, 3.05) is 26.2 Å². The number of likely N-dealkylation sites (tertiary alicyclic amines) is 1. The maximum atomic E-state index is 13.9. The van der Waals surface area contributed by atoms with E-state index in [-0.39, 0.29) is 11.9 Å². The van der Waals surface area contributed by atoms with Gasteiger partial charge in [-0.05, 0) is 80.5 Å². The van der Waals surface area contributed by atoms with Crippen molar-refractivity contribution in [1.29, 1.82) is 0 Å². The summed E-state index contributed by atoms with van der Waals surface area (Å²) < 4.78 is 7.32. The van der Waals surface area contributed by atoms with Gasteiger partial charge in [-0.3, -0.25) is 4.79 Å². The molecule has 2 aliphatic carbocycles. The standard InChI is InChI=1S/C31H38Cl2N2O2/c1-2-35(21-22-8-6-4-3-5-7-9-22)18-16-25(17-19-35)34-31(36)30-26-13-10-23(32)11-14-28(26)37-29-15-12-24(33)20-27(29)30/h8,10-12,14-15,20,25,30H,2-7,9,13,16-19,21H2,1H3/p+1/b22-8+. The molecule has 0 bridgehead atoms. The number of benzene rings is 1. The lowest BCUT2D eigenvalue weighted by Crippen LogP contribution is -2.57. The highest BCUT2D eigenvalue weighted by Crippen LogP contribution is 2.43. The van der Waals surface area contributed by atoms with Gasteiger partial charge in [-0.1, -0.05) is 48.2 Å². The molecule has 1 amide bonds. The summed E-state index contributed by atoms with van der Waals surface area (Å²) in [6.45, 7) is 6.89. The van der Waals surface area contributed by atoms with E-state index in [1.807, 2.05) is 30.4 Å². The van der Waals surface area contributed by atoms with E-state index < -0.39 is 5.92 Å². The number of allylic oxidation sites excluding steroid dienone is 5. The topological polar surface area (TPSA) is 38.3 Å². The van der Waals surface area contributed by atoms with Crippen LogP contribution >= 0.6 is 23.2 Å². The number of carbonyl (C=O) groups is 1. The van der Waals surface area contributed by atoms with Crippen molar-refractivity contribution in [1.82, 2.24) is 5.32 Å². The first kappa shape index (κ1) is 26.6. The van der Waals surface area contributed by atoms with E-state index in [9.17, 15) is 4.79 Å². The fourth-order valence-electron chi connectivity index (χ4n) is 6.40. The van der Waals surface area contributed by atoms with Crippen LogP contribution in [0.15, 0.2) is 64.4 Å². The normalized spacial score (nSPS) is 29.4. The van der Waals surface area contributed by atoms with Crippen molar-refractivity contribution >= 4 is 29.1 Å². The van der Waals surface area contributed by atoms with Gasteiger partial charge < -0.3 is 14.5 Å². The second-order valence-corrected chi connectivity index (χ2v) is 12.0. The minimum Gasteiger partial charge on any atom is -0.457 e. The van der Waals surface area contributed by atoms with Crippen molar-refractivity contribution in [3.8, 4) is 5.75 Å². The summed E-state index contributed by atoms with van der Waals surface area (Å²) in [5.41, 5.74) is 3.42. The third-order valence-electron chi connectivity index (χ3n) is 8.69. The van der Waals surface area contributed by atoms with Crippen LogP contribution in [0.2, 0.25) is 5.02 Å². The number of carbonyl (C=O) groups excluding carboxylic acids is 1. The molecule has 4 nitrogen and oxygen atoms in total. The summed E-state index contributed by atoms with van der Waals surface area (Å²) in [7, 11) is 0. The zero-order chi connectivity index (χ0) is 25.8. The Morgan fingerprint density at radius 3 is 2.70 bits per heavy atom. The molecule has 1 fully saturated rings. The number of halogens is 2. The lowest BCUT2D eigenvalue weighted by molar-refractivity contribution is -0.927. The first-order chi connectivity index (χ1) is 18.0. The summed E-state index contributed by atoms with van der Waals surface area (Å²) in [6.07, 6.45) is 18.7. The fraction of sp³-hybridized carbons (Fsp3) is 0.516. The highest BCUT2D eigenvalue weighted by molar-refractivity contribution is 6.31. The van der Waals surface area contributed by atoms with Crippen molar-refractivity contribution in [2.45, 2.75) is 76.7 Å². The Morgan fingerprint density at radius 1 is 1.08 bits per heavy atom. The first-order valence-corrected chi connectivity index (χ1v) is 14.8. The molecular weight excluding hydrogens is 503 g/mol. The van der Waals surface area contributed by atoms with Crippen LogP contribution in [0.4, 0.5) is 0 Å². The molecule has 0 spiro atoms. The molecule has 2 heterocycles. The Morgan fingerprint density at radius 2 is 1.89 bits per heavy atom. The van der Waals surface area contributed by atoms with E-state index in [4.69, 9.17) is 27.9 Å². The number of hydrogen-bond acceptors (Lipinski definition) is 2. The molecule has 2 aliphatic heterocycles. The number of nitrogens with one attached hydrogen (secondary N) is 1. The predicted octanol–water partition coefficient (Wildman–Crippen LogP) is 7.55. The smallest absolute Gasteiger partial charge is 0.232 e. The number of nitrogens with zero attached hydrogens (tertiary/aromatic N) is 1. The zero-order valence-corrected chi connectivity index (χ0v) is 23.4. The number of amides is 1. The summed E-state index contributed by atoms with van der Waals surface area (Å²) in [6, 6.07) is 5.72. The Balaban J connectivity index is 1.29. The van der Waals surface area contributed by atoms with Crippen LogP contribution in [0.1, 0.15) is 76.2 Å². The molecule has 1 aromatic rings. The minimum atomic E-state index is -0.437. The van der Waals surface area contributed by atoms with E-state index in [1.54, 1.807) is 11.6 Å². The van der Waals surface area contributed by atoms with Crippen LogP contribution < -0.4 is 10.1 Å². The van der Waals surface area contributed by atoms with Crippen molar-refractivity contribution < 1.29 is 14.0 Å². The van der Waals surface area contributed by atoms with Gasteiger partial charge in [-0.25, -0.2) is 0 Å². The van der Waals surface area contributed by atoms with Crippen molar-refractivity contribution in [2.24, 2.45) is 0 Å². The second kappa shape index (κ2) is 11.8. The van der Waals surface area contributed by atoms with Crippen LogP contribution in [-0.4, -0.2) is 42.6 Å². The van der Waals surface area contributed by atoms with Crippen LogP contribution in [0.5, 0.6) is 5.75 Å². The number of likely N-dealkylation sites (N-methyl/N-ethyl adjacent to an activating group) is 1. The molecule has 6 heteroatoms. The predicted molar refractivity (Wildman–Crippen MR) is 152 cm³/mol. The molecule has 1 atom stereocenters. The van der Waals surface area contributed by atoms with Gasteiger partial charge >= 0.3 is 0 Å². The van der Waals surface area contributed by atoms with Crippen molar-refractivity contribution in [3.05, 3.63) is 75.0 Å². The molecule has 1 unspecified atom stereocenters. The molecule has 1 saturated heterocycles. The maximum absolute atomic E-state index is 13.9. The Bertz CT molecular complexity index is 1140. The summed E-state index contributed by atoms with van der Waals surface area (Å²) in [5, 5.41) is 4.68. The average Bonchev–Trinajstić information content (AvgIpc) is 3.06. The quantitative estimate of drug-likeness (QED) is 0.308. The van der Waals surface area contributed by atoms with Gasteiger partial charge in [0.15, 0.2) is 0 Å². The molecule has 0 saturated carbocycles. The fourth-order valence-corrected chi connectivity index (χ4v) is 6.73. The second-order valence-electron chi connectivity index (χ2n) is 11.1. The molecule has 37 heavy (non-hydrogen) atoms. The van der Waals surface area contributed by atoms with Crippen LogP contribution in [0, 0.1) is 0 Å². The van der Waals surface area contributed by atoms with Gasteiger partial charge in [-0.2, -0.15) is 0 Å². The minimum absolute atomic E-state index is 0.0309.